The molecule has 116 valence electrons. The molecular weight excluding hydrogens is 264 g/mol. The van der Waals surface area contributed by atoms with Crippen LogP contribution in [-0.4, -0.2) is 6.04 Å². The van der Waals surface area contributed by atoms with Gasteiger partial charge in [0.05, 0.1) is 0 Å². The summed E-state index contributed by atoms with van der Waals surface area (Å²) in [6.07, 6.45) is 14.8. The minimum atomic E-state index is 0.439. The van der Waals surface area contributed by atoms with Gasteiger partial charge in [-0.25, -0.2) is 0 Å². The molecule has 0 bridgehead atoms. The maximum atomic E-state index is 5.65. The predicted molar refractivity (Wildman–Crippen MR) is 91.0 cm³/mol. The van der Waals surface area contributed by atoms with Gasteiger partial charge >= 0.3 is 0 Å². The molecule has 1 aromatic rings. The summed E-state index contributed by atoms with van der Waals surface area (Å²) >= 11 is 1.77. The molecule has 0 aliphatic rings. The number of thiophene rings is 1. The smallest absolute Gasteiger partial charge is 0.0251 e. The fourth-order valence-electron chi connectivity index (χ4n) is 2.64. The largest absolute Gasteiger partial charge is 0.271 e. The summed E-state index contributed by atoms with van der Waals surface area (Å²) in [5.41, 5.74) is 4.38. The molecule has 1 heterocycles. The van der Waals surface area contributed by atoms with E-state index in [4.69, 9.17) is 5.84 Å². The lowest BCUT2D eigenvalue weighted by Crippen LogP contribution is -2.36. The van der Waals surface area contributed by atoms with Crippen molar-refractivity contribution in [1.29, 1.82) is 0 Å². The topological polar surface area (TPSA) is 38.0 Å². The van der Waals surface area contributed by atoms with Crippen molar-refractivity contribution in [3.63, 3.8) is 0 Å². The van der Waals surface area contributed by atoms with Crippen LogP contribution in [0.4, 0.5) is 0 Å². The molecule has 0 saturated carbocycles. The Morgan fingerprint density at radius 2 is 1.70 bits per heavy atom. The number of hydrogen-bond acceptors (Lipinski definition) is 3. The van der Waals surface area contributed by atoms with Crippen LogP contribution in [0.25, 0.3) is 0 Å². The molecule has 2 nitrogen and oxygen atoms in total. The zero-order valence-corrected chi connectivity index (χ0v) is 13.9. The lowest BCUT2D eigenvalue weighted by Gasteiger charge is -2.14. The maximum Gasteiger partial charge on any atom is 0.0251 e. The SMILES string of the molecule is CCCCCCCCCCCC(Cc1ccsc1)NN. The average Bonchev–Trinajstić information content (AvgIpc) is 2.97. The Balaban J connectivity index is 1.93. The highest BCUT2D eigenvalue weighted by Gasteiger charge is 2.07. The van der Waals surface area contributed by atoms with Gasteiger partial charge in [0, 0.05) is 6.04 Å². The minimum absolute atomic E-state index is 0.439. The summed E-state index contributed by atoms with van der Waals surface area (Å²) in [7, 11) is 0. The molecule has 0 aliphatic heterocycles. The second-order valence-corrected chi connectivity index (χ2v) is 6.60. The van der Waals surface area contributed by atoms with E-state index < -0.39 is 0 Å². The van der Waals surface area contributed by atoms with Gasteiger partial charge in [0.2, 0.25) is 0 Å². The Morgan fingerprint density at radius 1 is 1.05 bits per heavy atom. The van der Waals surface area contributed by atoms with Crippen molar-refractivity contribution in [3.8, 4) is 0 Å². The first-order chi connectivity index (χ1) is 9.86. The van der Waals surface area contributed by atoms with Gasteiger partial charge in [0.15, 0.2) is 0 Å². The lowest BCUT2D eigenvalue weighted by atomic mass is 10.0. The monoisotopic (exact) mass is 296 g/mol. The molecule has 1 aromatic heterocycles. The number of rotatable bonds is 13. The van der Waals surface area contributed by atoms with Gasteiger partial charge in [-0.15, -0.1) is 0 Å². The van der Waals surface area contributed by atoms with E-state index in [9.17, 15) is 0 Å². The Labute approximate surface area is 129 Å². The molecule has 0 fully saturated rings. The molecule has 1 unspecified atom stereocenters. The summed E-state index contributed by atoms with van der Waals surface area (Å²) in [4.78, 5) is 0. The summed E-state index contributed by atoms with van der Waals surface area (Å²) in [6.45, 7) is 2.28. The highest BCUT2D eigenvalue weighted by molar-refractivity contribution is 7.07. The highest BCUT2D eigenvalue weighted by atomic mass is 32.1. The molecule has 0 amide bonds. The van der Waals surface area contributed by atoms with E-state index in [1.165, 1.54) is 69.8 Å². The first-order valence-electron chi connectivity index (χ1n) is 8.34. The van der Waals surface area contributed by atoms with Crippen LogP contribution in [0.2, 0.25) is 0 Å². The van der Waals surface area contributed by atoms with Crippen molar-refractivity contribution < 1.29 is 0 Å². The third-order valence-corrected chi connectivity index (χ3v) is 4.69. The Kier molecular flexibility index (Phi) is 10.9. The number of nitrogens with two attached hydrogens (primary N) is 1. The molecule has 1 atom stereocenters. The lowest BCUT2D eigenvalue weighted by molar-refractivity contribution is 0.458. The third-order valence-electron chi connectivity index (χ3n) is 3.95. The van der Waals surface area contributed by atoms with Gasteiger partial charge < -0.3 is 0 Å². The quantitative estimate of drug-likeness (QED) is 0.304. The van der Waals surface area contributed by atoms with Crippen molar-refractivity contribution >= 4 is 11.3 Å². The zero-order valence-electron chi connectivity index (χ0n) is 13.1. The fraction of sp³-hybridized carbons (Fsp3) is 0.765. The van der Waals surface area contributed by atoms with E-state index in [0.29, 0.717) is 6.04 Å². The second-order valence-electron chi connectivity index (χ2n) is 5.82. The second kappa shape index (κ2) is 12.4. The number of hydrazine groups is 1. The first-order valence-corrected chi connectivity index (χ1v) is 9.28. The molecule has 3 heteroatoms. The van der Waals surface area contributed by atoms with Crippen LogP contribution in [0.15, 0.2) is 16.8 Å². The summed E-state index contributed by atoms with van der Waals surface area (Å²) in [5.74, 6) is 5.65. The predicted octanol–water partition coefficient (Wildman–Crippen LogP) is 5.04. The van der Waals surface area contributed by atoms with E-state index in [1.54, 1.807) is 11.3 Å². The minimum Gasteiger partial charge on any atom is -0.271 e. The van der Waals surface area contributed by atoms with Gasteiger partial charge in [-0.05, 0) is 35.2 Å². The summed E-state index contributed by atoms with van der Waals surface area (Å²) in [5, 5.41) is 4.36. The number of hydrogen-bond donors (Lipinski definition) is 2. The van der Waals surface area contributed by atoms with E-state index in [2.05, 4.69) is 29.2 Å². The van der Waals surface area contributed by atoms with E-state index in [-0.39, 0.29) is 0 Å². The van der Waals surface area contributed by atoms with E-state index in [1.807, 2.05) is 0 Å². The maximum absolute atomic E-state index is 5.65. The van der Waals surface area contributed by atoms with Crippen molar-refractivity contribution in [1.82, 2.24) is 5.43 Å². The van der Waals surface area contributed by atoms with Crippen LogP contribution < -0.4 is 11.3 Å². The zero-order chi connectivity index (χ0) is 14.5. The molecule has 1 rings (SSSR count). The van der Waals surface area contributed by atoms with Gasteiger partial charge in [0.1, 0.15) is 0 Å². The van der Waals surface area contributed by atoms with Crippen LogP contribution in [0.5, 0.6) is 0 Å². The molecule has 0 saturated heterocycles. The molecule has 0 aromatic carbocycles. The first kappa shape index (κ1) is 17.7. The molecule has 0 aliphatic carbocycles. The Morgan fingerprint density at radius 3 is 2.25 bits per heavy atom. The fourth-order valence-corrected chi connectivity index (χ4v) is 3.32. The van der Waals surface area contributed by atoms with Gasteiger partial charge in [0.25, 0.3) is 0 Å². The summed E-state index contributed by atoms with van der Waals surface area (Å²) < 4.78 is 0. The molecule has 0 radical (unpaired) electrons. The van der Waals surface area contributed by atoms with Crippen LogP contribution in [0, 0.1) is 0 Å². The molecule has 3 N–H and O–H groups in total. The standard InChI is InChI=1S/C17H32N2S/c1-2-3-4-5-6-7-8-9-10-11-17(19-18)14-16-12-13-20-15-16/h12-13,15,17,19H,2-11,14,18H2,1H3. The van der Waals surface area contributed by atoms with Crippen LogP contribution in [0.1, 0.15) is 76.7 Å². The van der Waals surface area contributed by atoms with Crippen LogP contribution in [-0.2, 0) is 6.42 Å². The summed E-state index contributed by atoms with van der Waals surface area (Å²) in [6, 6.07) is 2.64. The van der Waals surface area contributed by atoms with Crippen molar-refractivity contribution in [3.05, 3.63) is 22.4 Å². The number of unbranched alkanes of at least 4 members (excludes halogenated alkanes) is 8. The third kappa shape index (κ3) is 8.72. The van der Waals surface area contributed by atoms with Gasteiger partial charge in [-0.1, -0.05) is 64.7 Å². The van der Waals surface area contributed by atoms with E-state index >= 15 is 0 Å². The van der Waals surface area contributed by atoms with E-state index in [0.717, 1.165) is 6.42 Å². The van der Waals surface area contributed by atoms with Crippen molar-refractivity contribution in [2.45, 2.75) is 83.6 Å². The van der Waals surface area contributed by atoms with Crippen molar-refractivity contribution in [2.75, 3.05) is 0 Å². The van der Waals surface area contributed by atoms with Crippen LogP contribution >= 0.6 is 11.3 Å². The van der Waals surface area contributed by atoms with Gasteiger partial charge in [-0.2, -0.15) is 11.3 Å². The highest BCUT2D eigenvalue weighted by Crippen LogP contribution is 2.14. The average molecular weight is 297 g/mol. The molecular formula is C17H32N2S. The normalized spacial score (nSPS) is 12.7. The Hall–Kier alpha value is -0.380. The Bertz CT molecular complexity index is 298. The van der Waals surface area contributed by atoms with Crippen LogP contribution in [0.3, 0.4) is 0 Å². The van der Waals surface area contributed by atoms with Gasteiger partial charge in [-0.3, -0.25) is 11.3 Å². The molecule has 0 spiro atoms. The molecule has 20 heavy (non-hydrogen) atoms. The van der Waals surface area contributed by atoms with Crippen molar-refractivity contribution in [2.24, 2.45) is 5.84 Å². The number of nitrogens with one attached hydrogen (secondary N) is 1.